The van der Waals surface area contributed by atoms with E-state index in [1.54, 1.807) is 32.4 Å². The molecular weight excluding hydrogens is 562 g/mol. The van der Waals surface area contributed by atoms with Crippen molar-refractivity contribution in [3.8, 4) is 22.7 Å². The largest absolute Gasteiger partial charge is 0.495 e. The summed E-state index contributed by atoms with van der Waals surface area (Å²) in [5.74, 6) is -0.527. The van der Waals surface area contributed by atoms with Crippen LogP contribution in [0, 0.1) is 25.5 Å². The highest BCUT2D eigenvalue weighted by Crippen LogP contribution is 2.29. The van der Waals surface area contributed by atoms with Crippen LogP contribution in [-0.4, -0.2) is 63.3 Å². The van der Waals surface area contributed by atoms with Gasteiger partial charge in [-0.25, -0.2) is 18.4 Å². The highest BCUT2D eigenvalue weighted by Gasteiger charge is 2.25. The molecule has 216 valence electrons. The van der Waals surface area contributed by atoms with Crippen LogP contribution in [0.4, 0.5) is 14.5 Å². The van der Waals surface area contributed by atoms with E-state index in [9.17, 15) is 18.4 Å². The van der Waals surface area contributed by atoms with Crippen LogP contribution >= 0.6 is 11.3 Å². The molecule has 42 heavy (non-hydrogen) atoms. The van der Waals surface area contributed by atoms with Crippen LogP contribution in [-0.2, 0) is 11.2 Å². The molecule has 5 aromatic rings. The summed E-state index contributed by atoms with van der Waals surface area (Å²) >= 11 is 1.29. The first-order valence-corrected chi connectivity index (χ1v) is 14.3. The highest BCUT2D eigenvalue weighted by molar-refractivity contribution is 7.15. The van der Waals surface area contributed by atoms with Gasteiger partial charge in [-0.15, -0.1) is 11.3 Å². The lowest BCUT2D eigenvalue weighted by molar-refractivity contribution is -0.130. The third kappa shape index (κ3) is 4.91. The third-order valence-corrected chi connectivity index (χ3v) is 8.37. The molecule has 9 nitrogen and oxygen atoms in total. The second-order valence-corrected chi connectivity index (χ2v) is 11.0. The molecule has 12 heteroatoms. The Balaban J connectivity index is 1.26. The summed E-state index contributed by atoms with van der Waals surface area (Å²) in [6.07, 6.45) is 0.0424. The molecule has 0 bridgehead atoms. The van der Waals surface area contributed by atoms with Gasteiger partial charge in [0.2, 0.25) is 5.91 Å². The van der Waals surface area contributed by atoms with Gasteiger partial charge in [0, 0.05) is 49.0 Å². The Bertz CT molecular complexity index is 1870. The number of halogens is 2. The monoisotopic (exact) mass is 590 g/mol. The van der Waals surface area contributed by atoms with E-state index < -0.39 is 11.6 Å². The van der Waals surface area contributed by atoms with Gasteiger partial charge < -0.3 is 14.5 Å². The number of carbonyl (C=O) groups excluding carboxylic acids is 1. The van der Waals surface area contributed by atoms with Gasteiger partial charge in [-0.05, 0) is 44.2 Å². The summed E-state index contributed by atoms with van der Waals surface area (Å²) < 4.78 is 36.6. The first-order chi connectivity index (χ1) is 20.2. The molecule has 1 aliphatic rings. The maximum atomic E-state index is 14.5. The number of piperazine rings is 1. The average molecular weight is 591 g/mol. The van der Waals surface area contributed by atoms with Crippen LogP contribution in [0.15, 0.2) is 58.7 Å². The summed E-state index contributed by atoms with van der Waals surface area (Å²) in [7, 11) is 1.64. The van der Waals surface area contributed by atoms with E-state index in [0.717, 1.165) is 29.6 Å². The number of benzene rings is 2. The van der Waals surface area contributed by atoms with Crippen molar-refractivity contribution in [2.24, 2.45) is 0 Å². The Morgan fingerprint density at radius 2 is 1.79 bits per heavy atom. The summed E-state index contributed by atoms with van der Waals surface area (Å²) in [6, 6.07) is 12.6. The predicted molar refractivity (Wildman–Crippen MR) is 157 cm³/mol. The van der Waals surface area contributed by atoms with Gasteiger partial charge in [0.25, 0.3) is 5.56 Å². The number of anilines is 1. The topological polar surface area (TPSA) is 85.0 Å². The van der Waals surface area contributed by atoms with Gasteiger partial charge in [0.1, 0.15) is 28.8 Å². The molecular formula is C30H28F2N6O3S. The van der Waals surface area contributed by atoms with Crippen molar-refractivity contribution >= 4 is 27.9 Å². The standard InChI is InChI=1S/C30H28F2N6O3S/c1-18-14-23(34-38(18)25-15-20(31)8-9-22(25)32)28-19(2)33-30-37(29(28)40)21(17-42-30)16-27(39)36-12-10-35(11-13-36)24-6-4-5-7-26(24)41-3/h4-9,14-15,17H,10-13,16H2,1-3H3. The Hall–Kier alpha value is -4.58. The van der Waals surface area contributed by atoms with E-state index in [2.05, 4.69) is 15.0 Å². The number of para-hydroxylation sites is 2. The number of hydrogen-bond acceptors (Lipinski definition) is 7. The summed E-state index contributed by atoms with van der Waals surface area (Å²) in [5, 5.41) is 6.22. The van der Waals surface area contributed by atoms with Gasteiger partial charge in [-0.3, -0.25) is 14.0 Å². The average Bonchev–Trinajstić information content (AvgIpc) is 3.57. The minimum absolute atomic E-state index is 0.0424. The number of aromatic nitrogens is 4. The molecule has 0 unspecified atom stereocenters. The zero-order chi connectivity index (χ0) is 29.5. The second kappa shape index (κ2) is 11.0. The van der Waals surface area contributed by atoms with E-state index in [0.29, 0.717) is 48.2 Å². The fraction of sp³-hybridized carbons (Fsp3) is 0.267. The van der Waals surface area contributed by atoms with Crippen LogP contribution in [0.25, 0.3) is 21.9 Å². The fourth-order valence-corrected chi connectivity index (χ4v) is 6.29. The Kier molecular flexibility index (Phi) is 7.23. The number of rotatable bonds is 6. The first-order valence-electron chi connectivity index (χ1n) is 13.4. The number of methoxy groups -OCH3 is 1. The first kappa shape index (κ1) is 27.6. The molecule has 0 saturated carbocycles. The Labute approximate surface area is 244 Å². The van der Waals surface area contributed by atoms with Crippen molar-refractivity contribution in [2.45, 2.75) is 20.3 Å². The third-order valence-electron chi connectivity index (χ3n) is 7.49. The molecule has 4 heterocycles. The van der Waals surface area contributed by atoms with Crippen molar-refractivity contribution < 1.29 is 18.3 Å². The van der Waals surface area contributed by atoms with Crippen LogP contribution < -0.4 is 15.2 Å². The molecule has 0 radical (unpaired) electrons. The quantitative estimate of drug-likeness (QED) is 0.292. The van der Waals surface area contributed by atoms with Crippen molar-refractivity contribution in [1.29, 1.82) is 0 Å². The number of amides is 1. The van der Waals surface area contributed by atoms with E-state index in [1.165, 1.54) is 20.4 Å². The zero-order valence-corrected chi connectivity index (χ0v) is 24.1. The number of ether oxygens (including phenoxy) is 1. The lowest BCUT2D eigenvalue weighted by Crippen LogP contribution is -2.49. The van der Waals surface area contributed by atoms with Crippen molar-refractivity contribution in [3.05, 3.63) is 93.0 Å². The number of hydrogen-bond donors (Lipinski definition) is 0. The number of fused-ring (bicyclic) bond motifs is 1. The van der Waals surface area contributed by atoms with Gasteiger partial charge in [0.05, 0.1) is 30.5 Å². The second-order valence-electron chi connectivity index (χ2n) is 10.1. The van der Waals surface area contributed by atoms with Crippen molar-refractivity contribution in [2.75, 3.05) is 38.2 Å². The van der Waals surface area contributed by atoms with Crippen molar-refractivity contribution in [3.63, 3.8) is 0 Å². The predicted octanol–water partition coefficient (Wildman–Crippen LogP) is 4.40. The van der Waals surface area contributed by atoms with E-state index >= 15 is 0 Å². The molecule has 0 N–H and O–H groups in total. The van der Waals surface area contributed by atoms with E-state index in [1.807, 2.05) is 29.2 Å². The van der Waals surface area contributed by atoms with E-state index in [4.69, 9.17) is 4.74 Å². The van der Waals surface area contributed by atoms with Crippen LogP contribution in [0.5, 0.6) is 5.75 Å². The molecule has 1 aliphatic heterocycles. The molecule has 2 aromatic carbocycles. The summed E-state index contributed by atoms with van der Waals surface area (Å²) in [6.45, 7) is 5.82. The maximum Gasteiger partial charge on any atom is 0.268 e. The van der Waals surface area contributed by atoms with Gasteiger partial charge in [-0.1, -0.05) is 12.1 Å². The Morgan fingerprint density at radius 3 is 2.55 bits per heavy atom. The minimum Gasteiger partial charge on any atom is -0.495 e. The lowest BCUT2D eigenvalue weighted by Gasteiger charge is -2.36. The zero-order valence-electron chi connectivity index (χ0n) is 23.3. The summed E-state index contributed by atoms with van der Waals surface area (Å²) in [5.41, 5.74) is 2.61. The molecule has 3 aromatic heterocycles. The number of nitrogens with zero attached hydrogens (tertiary/aromatic N) is 6. The number of thiazole rings is 1. The van der Waals surface area contributed by atoms with Gasteiger partial charge in [-0.2, -0.15) is 5.10 Å². The molecule has 1 fully saturated rings. The molecule has 1 amide bonds. The van der Waals surface area contributed by atoms with Crippen LogP contribution in [0.2, 0.25) is 0 Å². The molecule has 0 atom stereocenters. The Morgan fingerprint density at radius 1 is 1.02 bits per heavy atom. The SMILES string of the molecule is COc1ccccc1N1CCN(C(=O)Cc2csc3nc(C)c(-c4cc(C)n(-c5cc(F)ccc5F)n4)c(=O)n23)CC1. The molecule has 0 aliphatic carbocycles. The van der Waals surface area contributed by atoms with Crippen molar-refractivity contribution in [1.82, 2.24) is 24.1 Å². The fourth-order valence-electron chi connectivity index (χ4n) is 5.37. The molecule has 1 saturated heterocycles. The maximum absolute atomic E-state index is 14.5. The molecule has 6 rings (SSSR count). The van der Waals surface area contributed by atoms with Gasteiger partial charge in [0.15, 0.2) is 4.96 Å². The minimum atomic E-state index is -0.640. The number of carbonyl (C=O) groups is 1. The number of aryl methyl sites for hydroxylation is 2. The van der Waals surface area contributed by atoms with Crippen LogP contribution in [0.1, 0.15) is 17.1 Å². The van der Waals surface area contributed by atoms with E-state index in [-0.39, 0.29) is 34.8 Å². The molecule has 0 spiro atoms. The normalized spacial score (nSPS) is 13.6. The van der Waals surface area contributed by atoms with Gasteiger partial charge >= 0.3 is 0 Å². The smallest absolute Gasteiger partial charge is 0.268 e. The lowest BCUT2D eigenvalue weighted by atomic mass is 10.1. The van der Waals surface area contributed by atoms with Crippen LogP contribution in [0.3, 0.4) is 0 Å². The highest BCUT2D eigenvalue weighted by atomic mass is 32.1. The summed E-state index contributed by atoms with van der Waals surface area (Å²) in [4.78, 5) is 36.3.